The third-order valence-corrected chi connectivity index (χ3v) is 3.27. The minimum Gasteiger partial charge on any atom is -0.383 e. The smallest absolute Gasteiger partial charge is 0.235 e. The molecule has 17 heavy (non-hydrogen) atoms. The first-order valence-corrected chi connectivity index (χ1v) is 7.08. The molecule has 0 unspecified atom stereocenters. The number of nitrogens with one attached hydrogen (secondary N) is 1. The highest BCUT2D eigenvalue weighted by molar-refractivity contribution is 7.92. The Bertz CT molecular complexity index is 305. The van der Waals surface area contributed by atoms with Crippen molar-refractivity contribution in [1.29, 1.82) is 0 Å². The fourth-order valence-corrected chi connectivity index (χ4v) is 2.00. The summed E-state index contributed by atoms with van der Waals surface area (Å²) in [5.41, 5.74) is 5.18. The zero-order valence-electron chi connectivity index (χ0n) is 9.98. The van der Waals surface area contributed by atoms with E-state index in [0.717, 1.165) is 0 Å². The number of methoxy groups -OCH3 is 1. The van der Waals surface area contributed by atoms with Crippen LogP contribution < -0.4 is 11.1 Å². The second-order valence-corrected chi connectivity index (χ2v) is 5.52. The van der Waals surface area contributed by atoms with Crippen molar-refractivity contribution in [3.63, 3.8) is 0 Å². The predicted octanol–water partition coefficient (Wildman–Crippen LogP) is -1.86. The van der Waals surface area contributed by atoms with E-state index in [1.165, 1.54) is 7.11 Å². The first-order chi connectivity index (χ1) is 8.02. The van der Waals surface area contributed by atoms with Crippen LogP contribution in [0, 0.1) is 0 Å². The number of rotatable bonds is 10. The maximum atomic E-state index is 11.4. The van der Waals surface area contributed by atoms with E-state index in [1.807, 2.05) is 0 Å². The van der Waals surface area contributed by atoms with E-state index in [2.05, 4.69) is 5.32 Å². The van der Waals surface area contributed by atoms with E-state index in [-0.39, 0.29) is 12.4 Å². The second-order valence-electron chi connectivity index (χ2n) is 3.34. The number of sulfone groups is 1. The van der Waals surface area contributed by atoms with Crippen molar-refractivity contribution >= 4 is 15.7 Å². The molecule has 0 saturated heterocycles. The van der Waals surface area contributed by atoms with Crippen LogP contribution in [0.3, 0.4) is 0 Å². The van der Waals surface area contributed by atoms with Crippen molar-refractivity contribution in [1.82, 2.24) is 5.32 Å². The summed E-state index contributed by atoms with van der Waals surface area (Å²) >= 11 is 0. The standard InChI is InChI=1S/C9H20N2O5S/c1-15-5-3-11-9(12)8-17(13,14)7-6-16-4-2-10/h2-8,10H2,1H3,(H,11,12). The van der Waals surface area contributed by atoms with Gasteiger partial charge in [-0.2, -0.15) is 0 Å². The third-order valence-electron chi connectivity index (χ3n) is 1.78. The average Bonchev–Trinajstić information content (AvgIpc) is 2.24. The summed E-state index contributed by atoms with van der Waals surface area (Å²) in [4.78, 5) is 11.2. The van der Waals surface area contributed by atoms with Crippen LogP contribution in [0.5, 0.6) is 0 Å². The predicted molar refractivity (Wildman–Crippen MR) is 63.4 cm³/mol. The molecule has 0 aliphatic heterocycles. The molecule has 102 valence electrons. The number of ether oxygens (including phenoxy) is 2. The average molecular weight is 268 g/mol. The van der Waals surface area contributed by atoms with Gasteiger partial charge in [0.25, 0.3) is 0 Å². The number of hydrogen-bond acceptors (Lipinski definition) is 6. The summed E-state index contributed by atoms with van der Waals surface area (Å²) < 4.78 is 32.5. The van der Waals surface area contributed by atoms with Crippen LogP contribution >= 0.6 is 0 Å². The van der Waals surface area contributed by atoms with E-state index in [0.29, 0.717) is 26.3 Å². The molecule has 1 amide bonds. The molecular weight excluding hydrogens is 248 g/mol. The molecule has 8 heteroatoms. The van der Waals surface area contributed by atoms with Crippen LogP contribution in [0.1, 0.15) is 0 Å². The Labute approximate surface area is 102 Å². The van der Waals surface area contributed by atoms with Gasteiger partial charge in [0.2, 0.25) is 5.91 Å². The second kappa shape index (κ2) is 9.34. The molecule has 0 bridgehead atoms. The number of hydrogen-bond donors (Lipinski definition) is 2. The molecule has 3 N–H and O–H groups in total. The molecule has 0 saturated carbocycles. The number of carbonyl (C=O) groups is 1. The molecule has 0 aliphatic rings. The van der Waals surface area contributed by atoms with Gasteiger partial charge in [0.15, 0.2) is 9.84 Å². The molecule has 0 fully saturated rings. The van der Waals surface area contributed by atoms with Gasteiger partial charge in [0.1, 0.15) is 5.75 Å². The van der Waals surface area contributed by atoms with Crippen LogP contribution in [0.25, 0.3) is 0 Å². The molecule has 0 aliphatic carbocycles. The van der Waals surface area contributed by atoms with Gasteiger partial charge in [0, 0.05) is 20.2 Å². The Balaban J connectivity index is 3.79. The van der Waals surface area contributed by atoms with E-state index >= 15 is 0 Å². The zero-order chi connectivity index (χ0) is 13.1. The lowest BCUT2D eigenvalue weighted by molar-refractivity contribution is -0.118. The zero-order valence-corrected chi connectivity index (χ0v) is 10.8. The lowest BCUT2D eigenvalue weighted by Crippen LogP contribution is -2.34. The van der Waals surface area contributed by atoms with Crippen molar-refractivity contribution in [3.8, 4) is 0 Å². The Hall–Kier alpha value is -0.700. The largest absolute Gasteiger partial charge is 0.383 e. The molecule has 0 heterocycles. The van der Waals surface area contributed by atoms with Crippen LogP contribution in [-0.2, 0) is 24.1 Å². The minimum absolute atomic E-state index is 0.0604. The monoisotopic (exact) mass is 268 g/mol. The third kappa shape index (κ3) is 10.2. The Morgan fingerprint density at radius 1 is 1.29 bits per heavy atom. The van der Waals surface area contributed by atoms with Gasteiger partial charge in [0.05, 0.1) is 25.6 Å². The normalized spacial score (nSPS) is 11.4. The van der Waals surface area contributed by atoms with Gasteiger partial charge in [-0.25, -0.2) is 8.42 Å². The van der Waals surface area contributed by atoms with Crippen molar-refractivity contribution in [2.45, 2.75) is 0 Å². The van der Waals surface area contributed by atoms with E-state index < -0.39 is 21.5 Å². The van der Waals surface area contributed by atoms with Crippen LogP contribution in [0.4, 0.5) is 0 Å². The highest BCUT2D eigenvalue weighted by atomic mass is 32.2. The maximum absolute atomic E-state index is 11.4. The SMILES string of the molecule is COCCNC(=O)CS(=O)(=O)CCOCCN. The van der Waals surface area contributed by atoms with Crippen LogP contribution in [-0.4, -0.2) is 65.9 Å². The van der Waals surface area contributed by atoms with E-state index in [9.17, 15) is 13.2 Å². The molecular formula is C9H20N2O5S. The van der Waals surface area contributed by atoms with Gasteiger partial charge in [-0.1, -0.05) is 0 Å². The highest BCUT2D eigenvalue weighted by Crippen LogP contribution is 1.91. The van der Waals surface area contributed by atoms with Crippen molar-refractivity contribution in [3.05, 3.63) is 0 Å². The van der Waals surface area contributed by atoms with Crippen LogP contribution in [0.2, 0.25) is 0 Å². The van der Waals surface area contributed by atoms with E-state index in [4.69, 9.17) is 15.2 Å². The Morgan fingerprint density at radius 2 is 2.00 bits per heavy atom. The molecule has 0 spiro atoms. The van der Waals surface area contributed by atoms with E-state index in [1.54, 1.807) is 0 Å². The maximum Gasteiger partial charge on any atom is 0.235 e. The highest BCUT2D eigenvalue weighted by Gasteiger charge is 2.15. The van der Waals surface area contributed by atoms with Crippen molar-refractivity contribution in [2.75, 3.05) is 51.5 Å². The minimum atomic E-state index is -3.42. The molecule has 0 atom stereocenters. The Morgan fingerprint density at radius 3 is 2.59 bits per heavy atom. The molecule has 0 aromatic rings. The van der Waals surface area contributed by atoms with Crippen LogP contribution in [0.15, 0.2) is 0 Å². The molecule has 0 aromatic carbocycles. The van der Waals surface area contributed by atoms with Gasteiger partial charge in [-0.3, -0.25) is 4.79 Å². The lowest BCUT2D eigenvalue weighted by Gasteiger charge is -2.06. The summed E-state index contributed by atoms with van der Waals surface area (Å²) in [5, 5.41) is 2.44. The summed E-state index contributed by atoms with van der Waals surface area (Å²) in [6, 6.07) is 0. The number of nitrogens with two attached hydrogens (primary N) is 1. The fraction of sp³-hybridized carbons (Fsp3) is 0.889. The van der Waals surface area contributed by atoms with Crippen molar-refractivity contribution in [2.24, 2.45) is 5.73 Å². The quantitative estimate of drug-likeness (QED) is 0.450. The van der Waals surface area contributed by atoms with Gasteiger partial charge >= 0.3 is 0 Å². The van der Waals surface area contributed by atoms with Crippen molar-refractivity contribution < 1.29 is 22.7 Å². The summed E-state index contributed by atoms with van der Waals surface area (Å²) in [6.45, 7) is 1.37. The topological polar surface area (TPSA) is 108 Å². The Kier molecular flexibility index (Phi) is 8.96. The first-order valence-electron chi connectivity index (χ1n) is 5.25. The first kappa shape index (κ1) is 16.3. The summed E-state index contributed by atoms with van der Waals surface area (Å²) in [5.74, 6) is -1.23. The van der Waals surface area contributed by atoms with Gasteiger partial charge < -0.3 is 20.5 Å². The fourth-order valence-electron chi connectivity index (χ4n) is 0.987. The van der Waals surface area contributed by atoms with Gasteiger partial charge in [-0.15, -0.1) is 0 Å². The van der Waals surface area contributed by atoms with Gasteiger partial charge in [-0.05, 0) is 0 Å². The molecule has 0 rings (SSSR count). The number of amides is 1. The molecule has 0 radical (unpaired) electrons. The lowest BCUT2D eigenvalue weighted by atomic mass is 10.6. The number of carbonyl (C=O) groups excluding carboxylic acids is 1. The molecule has 7 nitrogen and oxygen atoms in total. The summed E-state index contributed by atoms with van der Waals surface area (Å²) in [6.07, 6.45) is 0. The summed E-state index contributed by atoms with van der Waals surface area (Å²) in [7, 11) is -1.92. The molecule has 0 aromatic heterocycles.